The van der Waals surface area contributed by atoms with Crippen LogP contribution < -0.4 is 10.2 Å². The van der Waals surface area contributed by atoms with Gasteiger partial charge in [-0.25, -0.2) is 0 Å². The Morgan fingerprint density at radius 2 is 1.67 bits per heavy atom. The van der Waals surface area contributed by atoms with Gasteiger partial charge in [0.1, 0.15) is 10.8 Å². The van der Waals surface area contributed by atoms with Crippen LogP contribution in [0.2, 0.25) is 5.02 Å². The minimum absolute atomic E-state index is 0.187. The van der Waals surface area contributed by atoms with Crippen LogP contribution in [0.3, 0.4) is 0 Å². The Labute approximate surface area is 214 Å². The molecule has 190 valence electrons. The van der Waals surface area contributed by atoms with E-state index in [2.05, 4.69) is 40.3 Å². The Balaban J connectivity index is 1.70. The van der Waals surface area contributed by atoms with E-state index in [1.807, 2.05) is 31.2 Å². The third-order valence-corrected chi connectivity index (χ3v) is 5.86. The standard InChI is InChI=1S/C28H28ClF3N2O2/c1-18(2)16-34(17-22-9-13-24(14-10-22)36-28(30,31)32)15-5-6-21-7-11-23(12-8-21)25-19(3)33-20(4)26(29)27(25)35/h7-14,18H,15-17H2,1-4H3,(H,33,35). The Morgan fingerprint density at radius 1 is 1.03 bits per heavy atom. The van der Waals surface area contributed by atoms with Crippen molar-refractivity contribution in [1.82, 2.24) is 9.88 Å². The van der Waals surface area contributed by atoms with Gasteiger partial charge in [-0.1, -0.05) is 61.6 Å². The number of ether oxygens (including phenoxy) is 1. The third kappa shape index (κ3) is 7.64. The Kier molecular flexibility index (Phi) is 8.89. The second-order valence-electron chi connectivity index (χ2n) is 9.03. The second-order valence-corrected chi connectivity index (χ2v) is 9.41. The zero-order valence-corrected chi connectivity index (χ0v) is 21.3. The molecule has 8 heteroatoms. The largest absolute Gasteiger partial charge is 0.573 e. The normalized spacial score (nSPS) is 11.5. The molecule has 0 saturated heterocycles. The number of nitrogens with zero attached hydrogens (tertiary/aromatic N) is 1. The van der Waals surface area contributed by atoms with Crippen molar-refractivity contribution in [1.29, 1.82) is 0 Å². The van der Waals surface area contributed by atoms with Crippen molar-refractivity contribution in [2.45, 2.75) is 40.6 Å². The first-order chi connectivity index (χ1) is 16.9. The first-order valence-electron chi connectivity index (χ1n) is 11.5. The number of nitrogens with one attached hydrogen (secondary N) is 1. The number of hydrogen-bond donors (Lipinski definition) is 1. The highest BCUT2D eigenvalue weighted by Gasteiger charge is 2.31. The molecule has 1 N–H and O–H groups in total. The minimum Gasteiger partial charge on any atom is -0.406 e. The highest BCUT2D eigenvalue weighted by molar-refractivity contribution is 6.31. The predicted molar refractivity (Wildman–Crippen MR) is 137 cm³/mol. The zero-order chi connectivity index (χ0) is 26.5. The maximum Gasteiger partial charge on any atom is 0.573 e. The van der Waals surface area contributed by atoms with E-state index < -0.39 is 6.36 Å². The van der Waals surface area contributed by atoms with Crippen molar-refractivity contribution in [3.63, 3.8) is 0 Å². The lowest BCUT2D eigenvalue weighted by atomic mass is 10.0. The van der Waals surface area contributed by atoms with E-state index in [9.17, 15) is 18.0 Å². The number of rotatable bonds is 7. The molecule has 0 radical (unpaired) electrons. The number of aryl methyl sites for hydroxylation is 2. The van der Waals surface area contributed by atoms with Gasteiger partial charge in [-0.15, -0.1) is 13.2 Å². The first-order valence-corrected chi connectivity index (χ1v) is 11.9. The minimum atomic E-state index is -4.71. The maximum absolute atomic E-state index is 12.6. The van der Waals surface area contributed by atoms with Crippen molar-refractivity contribution in [3.05, 3.63) is 86.3 Å². The number of pyridine rings is 1. The first kappa shape index (κ1) is 27.4. The zero-order valence-electron chi connectivity index (χ0n) is 20.6. The molecule has 1 heterocycles. The number of H-pyrrole nitrogens is 1. The molecule has 0 bridgehead atoms. The van der Waals surface area contributed by atoms with Crippen LogP contribution in [-0.4, -0.2) is 29.3 Å². The average Bonchev–Trinajstić information content (AvgIpc) is 2.78. The van der Waals surface area contributed by atoms with Gasteiger partial charge < -0.3 is 9.72 Å². The van der Waals surface area contributed by atoms with Gasteiger partial charge in [-0.2, -0.15) is 0 Å². The number of aromatic amines is 1. The molecule has 3 rings (SSSR count). The summed E-state index contributed by atoms with van der Waals surface area (Å²) in [6, 6.07) is 13.3. The molecule has 3 aromatic rings. The molecular formula is C28H28ClF3N2O2. The SMILES string of the molecule is Cc1[nH]c(C)c(-c2ccc(C#CCN(Cc3ccc(OC(F)(F)F)cc3)CC(C)C)cc2)c(=O)c1Cl. The summed E-state index contributed by atoms with van der Waals surface area (Å²) in [5.41, 5.74) is 4.18. The number of hydrogen-bond acceptors (Lipinski definition) is 3. The van der Waals surface area contributed by atoms with Crippen LogP contribution in [-0.2, 0) is 6.54 Å². The van der Waals surface area contributed by atoms with Gasteiger partial charge in [0.05, 0.1) is 6.54 Å². The molecule has 4 nitrogen and oxygen atoms in total. The van der Waals surface area contributed by atoms with Gasteiger partial charge in [-0.05, 0) is 55.2 Å². The highest BCUT2D eigenvalue weighted by atomic mass is 35.5. The van der Waals surface area contributed by atoms with Crippen molar-refractivity contribution in [2.24, 2.45) is 5.92 Å². The van der Waals surface area contributed by atoms with Crippen molar-refractivity contribution >= 4 is 11.6 Å². The van der Waals surface area contributed by atoms with Crippen LogP contribution >= 0.6 is 11.6 Å². The summed E-state index contributed by atoms with van der Waals surface area (Å²) in [6.07, 6.45) is -4.71. The smallest absolute Gasteiger partial charge is 0.406 e. The summed E-state index contributed by atoms with van der Waals surface area (Å²) in [5.74, 6) is 6.48. The van der Waals surface area contributed by atoms with E-state index >= 15 is 0 Å². The van der Waals surface area contributed by atoms with Crippen molar-refractivity contribution in [3.8, 4) is 28.7 Å². The Hall–Kier alpha value is -3.21. The monoisotopic (exact) mass is 516 g/mol. The Bertz CT molecular complexity index is 1300. The molecule has 0 unspecified atom stereocenters. The van der Waals surface area contributed by atoms with Gasteiger partial charge in [-0.3, -0.25) is 9.69 Å². The molecule has 0 atom stereocenters. The van der Waals surface area contributed by atoms with Gasteiger partial charge in [0.25, 0.3) is 0 Å². The summed E-state index contributed by atoms with van der Waals surface area (Å²) >= 11 is 6.14. The van der Waals surface area contributed by atoms with Crippen LogP contribution in [0.1, 0.15) is 36.4 Å². The summed E-state index contributed by atoms with van der Waals surface area (Å²) in [4.78, 5) is 17.9. The highest BCUT2D eigenvalue weighted by Crippen LogP contribution is 2.24. The fourth-order valence-electron chi connectivity index (χ4n) is 3.93. The van der Waals surface area contributed by atoms with Crippen molar-refractivity contribution < 1.29 is 17.9 Å². The molecule has 0 aliphatic carbocycles. The number of benzene rings is 2. The van der Waals surface area contributed by atoms with E-state index in [1.54, 1.807) is 19.1 Å². The van der Waals surface area contributed by atoms with Crippen LogP contribution in [0, 0.1) is 31.6 Å². The maximum atomic E-state index is 12.6. The van der Waals surface area contributed by atoms with Crippen LogP contribution in [0.15, 0.2) is 53.3 Å². The molecular weight excluding hydrogens is 489 g/mol. The van der Waals surface area contributed by atoms with Crippen LogP contribution in [0.5, 0.6) is 5.75 Å². The molecule has 0 saturated carbocycles. The molecule has 2 aromatic carbocycles. The van der Waals surface area contributed by atoms with E-state index in [1.165, 1.54) is 12.1 Å². The van der Waals surface area contributed by atoms with Gasteiger partial charge in [0.15, 0.2) is 0 Å². The molecule has 0 amide bonds. The summed E-state index contributed by atoms with van der Waals surface area (Å²) in [7, 11) is 0. The molecule has 0 aliphatic heterocycles. The lowest BCUT2D eigenvalue weighted by Crippen LogP contribution is -2.27. The molecule has 0 aliphatic rings. The second kappa shape index (κ2) is 11.7. The van der Waals surface area contributed by atoms with Crippen LogP contribution in [0.4, 0.5) is 13.2 Å². The lowest BCUT2D eigenvalue weighted by molar-refractivity contribution is -0.274. The van der Waals surface area contributed by atoms with E-state index in [0.717, 1.165) is 28.9 Å². The number of aromatic nitrogens is 1. The third-order valence-electron chi connectivity index (χ3n) is 5.40. The average molecular weight is 517 g/mol. The summed E-state index contributed by atoms with van der Waals surface area (Å²) < 4.78 is 41.1. The van der Waals surface area contributed by atoms with E-state index in [0.29, 0.717) is 30.3 Å². The van der Waals surface area contributed by atoms with Gasteiger partial charge in [0.2, 0.25) is 5.43 Å². The van der Waals surface area contributed by atoms with Gasteiger partial charge in [0, 0.05) is 35.6 Å². The lowest BCUT2D eigenvalue weighted by Gasteiger charge is -2.22. The van der Waals surface area contributed by atoms with Crippen LogP contribution in [0.25, 0.3) is 11.1 Å². The fraction of sp³-hybridized carbons (Fsp3) is 0.321. The van der Waals surface area contributed by atoms with Crippen molar-refractivity contribution in [2.75, 3.05) is 13.1 Å². The quantitative estimate of drug-likeness (QED) is 0.354. The fourth-order valence-corrected chi connectivity index (χ4v) is 4.07. The summed E-state index contributed by atoms with van der Waals surface area (Å²) in [6.45, 7) is 9.63. The molecule has 36 heavy (non-hydrogen) atoms. The van der Waals surface area contributed by atoms with E-state index in [4.69, 9.17) is 11.6 Å². The summed E-state index contributed by atoms with van der Waals surface area (Å²) in [5, 5.41) is 0.187. The Morgan fingerprint density at radius 3 is 2.25 bits per heavy atom. The number of halogens is 4. The molecule has 0 spiro atoms. The van der Waals surface area contributed by atoms with Gasteiger partial charge >= 0.3 is 6.36 Å². The molecule has 0 fully saturated rings. The van der Waals surface area contributed by atoms with E-state index in [-0.39, 0.29) is 16.2 Å². The predicted octanol–water partition coefficient (Wildman–Crippen LogP) is 6.72. The topological polar surface area (TPSA) is 45.3 Å². The molecule has 1 aromatic heterocycles. The number of alkyl halides is 3.